The highest BCUT2D eigenvalue weighted by atomic mass is 31.2. The van der Waals surface area contributed by atoms with Gasteiger partial charge in [-0.2, -0.15) is 0 Å². The van der Waals surface area contributed by atoms with Crippen molar-refractivity contribution in [2.75, 3.05) is 13.2 Å². The van der Waals surface area contributed by atoms with E-state index in [1.165, 1.54) is 0 Å². The minimum atomic E-state index is -4.87. The summed E-state index contributed by atoms with van der Waals surface area (Å²) >= 11 is 0. The van der Waals surface area contributed by atoms with Crippen LogP contribution in [0.2, 0.25) is 0 Å². The van der Waals surface area contributed by atoms with Gasteiger partial charge in [0.05, 0.1) is 13.2 Å². The van der Waals surface area contributed by atoms with Crippen molar-refractivity contribution < 1.29 is 48.8 Å². The summed E-state index contributed by atoms with van der Waals surface area (Å²) in [7, 11) is -4.87. The molecule has 22 heavy (non-hydrogen) atoms. The molecule has 0 aliphatic carbocycles. The van der Waals surface area contributed by atoms with E-state index in [9.17, 15) is 29.8 Å². The van der Waals surface area contributed by atoms with E-state index in [2.05, 4.69) is 4.52 Å². The zero-order valence-corrected chi connectivity index (χ0v) is 13.4. The van der Waals surface area contributed by atoms with Crippen molar-refractivity contribution in [2.45, 2.75) is 45.2 Å². The number of aliphatic hydroxyl groups is 4. The highest BCUT2D eigenvalue weighted by Crippen LogP contribution is 2.35. The maximum atomic E-state index is 11.5. The van der Waals surface area contributed by atoms with Crippen LogP contribution in [0.1, 0.15) is 20.8 Å². The number of aliphatic hydroxyl groups excluding tert-OH is 4. The largest absolute Gasteiger partial charge is 0.469 e. The van der Waals surface area contributed by atoms with Crippen molar-refractivity contribution in [3.63, 3.8) is 0 Å². The Hall–Kier alpha value is -0.580. The maximum absolute atomic E-state index is 11.5. The normalized spacial score (nSPS) is 18.4. The molecule has 10 nitrogen and oxygen atoms in total. The molecule has 0 radical (unpaired) electrons. The van der Waals surface area contributed by atoms with Crippen LogP contribution in [0.5, 0.6) is 0 Å². The number of phosphoric ester groups is 1. The van der Waals surface area contributed by atoms with Crippen molar-refractivity contribution in [1.82, 2.24) is 0 Å². The van der Waals surface area contributed by atoms with Gasteiger partial charge in [0.1, 0.15) is 18.3 Å². The highest BCUT2D eigenvalue weighted by Gasteiger charge is 2.36. The van der Waals surface area contributed by atoms with Crippen LogP contribution in [0.3, 0.4) is 0 Å². The molecule has 11 heteroatoms. The SMILES string of the molecule is CC(C)(C)COC(=O)[C@H](O)[C@@H](O)[C@H](O)[C@H](O)COP(=O)(O)O. The van der Waals surface area contributed by atoms with Crippen LogP contribution in [0, 0.1) is 5.41 Å². The van der Waals surface area contributed by atoms with E-state index in [1.54, 1.807) is 20.8 Å². The lowest BCUT2D eigenvalue weighted by Gasteiger charge is -2.26. The van der Waals surface area contributed by atoms with Crippen LogP contribution in [-0.4, -0.2) is 73.8 Å². The molecule has 0 saturated heterocycles. The van der Waals surface area contributed by atoms with Gasteiger partial charge in [0, 0.05) is 0 Å². The number of carbonyl (C=O) groups excluding carboxylic acids is 1. The molecule has 0 aromatic heterocycles. The van der Waals surface area contributed by atoms with E-state index < -0.39 is 44.8 Å². The van der Waals surface area contributed by atoms with Crippen molar-refractivity contribution in [2.24, 2.45) is 5.41 Å². The highest BCUT2D eigenvalue weighted by molar-refractivity contribution is 7.46. The summed E-state index contributed by atoms with van der Waals surface area (Å²) in [5, 5.41) is 38.0. The van der Waals surface area contributed by atoms with Gasteiger partial charge in [0.15, 0.2) is 6.10 Å². The van der Waals surface area contributed by atoms with Crippen LogP contribution < -0.4 is 0 Å². The number of ether oxygens (including phenoxy) is 1. The first-order valence-corrected chi connectivity index (χ1v) is 7.86. The average Bonchev–Trinajstić information content (AvgIpc) is 2.37. The summed E-state index contributed by atoms with van der Waals surface area (Å²) in [6, 6.07) is 0. The number of hydrogen-bond donors (Lipinski definition) is 6. The third-order valence-corrected chi connectivity index (χ3v) is 2.86. The number of esters is 1. The van der Waals surface area contributed by atoms with E-state index >= 15 is 0 Å². The third kappa shape index (κ3) is 8.76. The van der Waals surface area contributed by atoms with E-state index in [4.69, 9.17) is 14.5 Å². The lowest BCUT2D eigenvalue weighted by atomic mass is 9.98. The molecule has 132 valence electrons. The molecule has 0 saturated carbocycles. The molecule has 0 aromatic carbocycles. The Balaban J connectivity index is 4.50. The minimum Gasteiger partial charge on any atom is -0.463 e. The Bertz CT molecular complexity index is 400. The first-order chi connectivity index (χ1) is 9.74. The van der Waals surface area contributed by atoms with Gasteiger partial charge in [-0.3, -0.25) is 4.52 Å². The summed E-state index contributed by atoms with van der Waals surface area (Å²) in [5.74, 6) is -1.20. The summed E-state index contributed by atoms with van der Waals surface area (Å²) in [6.45, 7) is 4.24. The van der Waals surface area contributed by atoms with Gasteiger partial charge in [0.25, 0.3) is 0 Å². The molecule has 0 rings (SSSR count). The fourth-order valence-electron chi connectivity index (χ4n) is 1.20. The summed E-state index contributed by atoms with van der Waals surface area (Å²) in [5.41, 5.74) is -0.379. The molecular weight excluding hydrogens is 323 g/mol. The molecule has 0 bridgehead atoms. The monoisotopic (exact) mass is 346 g/mol. The average molecular weight is 346 g/mol. The lowest BCUT2D eigenvalue weighted by molar-refractivity contribution is -0.172. The number of hydrogen-bond acceptors (Lipinski definition) is 8. The van der Waals surface area contributed by atoms with Gasteiger partial charge in [-0.15, -0.1) is 0 Å². The Morgan fingerprint density at radius 3 is 2.00 bits per heavy atom. The molecule has 4 atom stereocenters. The quantitative estimate of drug-likeness (QED) is 0.216. The second-order valence-electron chi connectivity index (χ2n) is 5.95. The maximum Gasteiger partial charge on any atom is 0.469 e. The molecular formula is C11H23O10P. The van der Waals surface area contributed by atoms with Crippen LogP contribution >= 0.6 is 7.82 Å². The number of phosphoric acid groups is 1. The first kappa shape index (κ1) is 21.4. The van der Waals surface area contributed by atoms with Gasteiger partial charge in [-0.05, 0) is 5.41 Å². The predicted octanol–water partition coefficient (Wildman–Crippen LogP) is -1.87. The molecule has 0 unspecified atom stereocenters. The number of carbonyl (C=O) groups is 1. The van der Waals surface area contributed by atoms with Crippen molar-refractivity contribution >= 4 is 13.8 Å². The molecule has 0 amide bonds. The van der Waals surface area contributed by atoms with Gasteiger partial charge in [-0.25, -0.2) is 9.36 Å². The fourth-order valence-corrected chi connectivity index (χ4v) is 1.55. The molecule has 0 aromatic rings. The molecule has 0 aliphatic rings. The molecule has 6 N–H and O–H groups in total. The molecule has 0 aliphatic heterocycles. The van der Waals surface area contributed by atoms with Crippen LogP contribution in [0.25, 0.3) is 0 Å². The second kappa shape index (κ2) is 8.32. The van der Waals surface area contributed by atoms with E-state index in [-0.39, 0.29) is 12.0 Å². The number of rotatable bonds is 8. The third-order valence-electron chi connectivity index (χ3n) is 2.37. The van der Waals surface area contributed by atoms with E-state index in [0.29, 0.717) is 0 Å². The standard InChI is InChI=1S/C11H23O10P/c1-11(2,3)5-20-10(16)9(15)8(14)7(13)6(12)4-21-22(17,18)19/h6-9,12-15H,4-5H2,1-3H3,(H2,17,18,19)/t6-,7-,8+,9-/m1/s1. The fraction of sp³-hybridized carbons (Fsp3) is 0.909. The van der Waals surface area contributed by atoms with Gasteiger partial charge >= 0.3 is 13.8 Å². The van der Waals surface area contributed by atoms with Crippen molar-refractivity contribution in [3.8, 4) is 0 Å². The first-order valence-electron chi connectivity index (χ1n) is 6.33. The van der Waals surface area contributed by atoms with Gasteiger partial charge < -0.3 is 34.9 Å². The summed E-state index contributed by atoms with van der Waals surface area (Å²) in [6.07, 6.45) is -8.28. The smallest absolute Gasteiger partial charge is 0.463 e. The summed E-state index contributed by atoms with van der Waals surface area (Å²) in [4.78, 5) is 28.4. The van der Waals surface area contributed by atoms with Crippen LogP contribution in [0.15, 0.2) is 0 Å². The van der Waals surface area contributed by atoms with Crippen molar-refractivity contribution in [3.05, 3.63) is 0 Å². The van der Waals surface area contributed by atoms with Crippen LogP contribution in [-0.2, 0) is 18.6 Å². The van der Waals surface area contributed by atoms with Gasteiger partial charge in [-0.1, -0.05) is 20.8 Å². The topological polar surface area (TPSA) is 174 Å². The zero-order chi connectivity index (χ0) is 17.7. The molecule has 0 fully saturated rings. The molecule has 0 heterocycles. The minimum absolute atomic E-state index is 0.0461. The summed E-state index contributed by atoms with van der Waals surface area (Å²) < 4.78 is 19.1. The molecule has 0 spiro atoms. The predicted molar refractivity (Wildman–Crippen MR) is 72.4 cm³/mol. The lowest BCUT2D eigenvalue weighted by Crippen LogP contribution is -2.49. The Labute approximate surface area is 127 Å². The van der Waals surface area contributed by atoms with Crippen LogP contribution in [0.4, 0.5) is 0 Å². The zero-order valence-electron chi connectivity index (χ0n) is 12.5. The van der Waals surface area contributed by atoms with E-state index in [1.807, 2.05) is 0 Å². The van der Waals surface area contributed by atoms with Gasteiger partial charge in [0.2, 0.25) is 0 Å². The Morgan fingerprint density at radius 2 is 1.59 bits per heavy atom. The van der Waals surface area contributed by atoms with Crippen molar-refractivity contribution in [1.29, 1.82) is 0 Å². The Kier molecular flexibility index (Phi) is 8.10. The second-order valence-corrected chi connectivity index (χ2v) is 7.19. The Morgan fingerprint density at radius 1 is 1.09 bits per heavy atom. The van der Waals surface area contributed by atoms with E-state index in [0.717, 1.165) is 0 Å².